The van der Waals surface area contributed by atoms with Crippen molar-refractivity contribution in [3.63, 3.8) is 0 Å². The summed E-state index contributed by atoms with van der Waals surface area (Å²) in [7, 11) is 1.65. The largest absolute Gasteiger partial charge is 0.357 e. The van der Waals surface area contributed by atoms with Crippen LogP contribution in [0.25, 0.3) is 5.69 Å². The molecule has 5 nitrogen and oxygen atoms in total. The molecule has 0 fully saturated rings. The third-order valence-corrected chi connectivity index (χ3v) is 2.08. The molecule has 1 aromatic carbocycles. The minimum absolute atomic E-state index is 0.120. The van der Waals surface area contributed by atoms with Gasteiger partial charge >= 0.3 is 0 Å². The number of benzene rings is 1. The Kier molecular flexibility index (Phi) is 2.63. The van der Waals surface area contributed by atoms with E-state index in [0.717, 1.165) is 0 Å². The van der Waals surface area contributed by atoms with Gasteiger partial charge < -0.3 is 5.32 Å². The first-order valence-electron chi connectivity index (χ1n) is 4.60. The first-order valence-corrected chi connectivity index (χ1v) is 4.60. The fraction of sp³-hybridized carbons (Fsp3) is 0.100. The maximum absolute atomic E-state index is 13.1. The molecule has 0 unspecified atom stereocenters. The zero-order valence-corrected chi connectivity index (χ0v) is 8.51. The van der Waals surface area contributed by atoms with Crippen molar-refractivity contribution < 1.29 is 9.18 Å². The number of hydrogen-bond donors (Lipinski definition) is 1. The van der Waals surface area contributed by atoms with Crippen LogP contribution in [0.2, 0.25) is 0 Å². The molecule has 0 spiro atoms. The van der Waals surface area contributed by atoms with Gasteiger partial charge in [0.25, 0.3) is 0 Å². The zero-order chi connectivity index (χ0) is 11.5. The molecule has 0 aliphatic carbocycles. The predicted molar refractivity (Wildman–Crippen MR) is 56.3 cm³/mol. The van der Waals surface area contributed by atoms with Gasteiger partial charge in [0.15, 0.2) is 6.29 Å². The fourth-order valence-electron chi connectivity index (χ4n) is 1.40. The highest BCUT2D eigenvalue weighted by Crippen LogP contribution is 2.16. The molecule has 0 amide bonds. The molecule has 1 aromatic heterocycles. The Bertz CT molecular complexity index is 523. The number of anilines is 1. The normalized spacial score (nSPS) is 10.1. The van der Waals surface area contributed by atoms with Gasteiger partial charge in [-0.2, -0.15) is 0 Å². The topological polar surface area (TPSA) is 59.8 Å². The standard InChI is InChI=1S/C10H9FN4O/c1-12-10-14-13-9(6-16)15(10)8-4-2-3-7(11)5-8/h2-6H,1H3,(H,12,14). The lowest BCUT2D eigenvalue weighted by Crippen LogP contribution is -2.05. The lowest BCUT2D eigenvalue weighted by molar-refractivity contribution is 0.111. The van der Waals surface area contributed by atoms with E-state index in [1.54, 1.807) is 19.2 Å². The van der Waals surface area contributed by atoms with Gasteiger partial charge in [-0.05, 0) is 18.2 Å². The van der Waals surface area contributed by atoms with Gasteiger partial charge in [0.2, 0.25) is 11.8 Å². The van der Waals surface area contributed by atoms with Crippen LogP contribution in [-0.2, 0) is 0 Å². The highest BCUT2D eigenvalue weighted by Gasteiger charge is 2.12. The average molecular weight is 220 g/mol. The van der Waals surface area contributed by atoms with Crippen molar-refractivity contribution in [2.75, 3.05) is 12.4 Å². The van der Waals surface area contributed by atoms with Gasteiger partial charge in [-0.25, -0.2) is 4.39 Å². The number of nitrogens with zero attached hydrogens (tertiary/aromatic N) is 3. The molecule has 1 heterocycles. The van der Waals surface area contributed by atoms with Crippen molar-refractivity contribution in [3.8, 4) is 5.69 Å². The van der Waals surface area contributed by atoms with Crippen LogP contribution in [-0.4, -0.2) is 28.1 Å². The van der Waals surface area contributed by atoms with Gasteiger partial charge in [-0.15, -0.1) is 10.2 Å². The van der Waals surface area contributed by atoms with Crippen molar-refractivity contribution >= 4 is 12.2 Å². The highest BCUT2D eigenvalue weighted by molar-refractivity contribution is 5.72. The molecular weight excluding hydrogens is 211 g/mol. The first-order chi connectivity index (χ1) is 7.76. The van der Waals surface area contributed by atoms with Crippen molar-refractivity contribution in [2.45, 2.75) is 0 Å². The Labute approximate surface area is 90.9 Å². The summed E-state index contributed by atoms with van der Waals surface area (Å²) in [4.78, 5) is 10.8. The molecule has 2 aromatic rings. The van der Waals surface area contributed by atoms with E-state index in [9.17, 15) is 9.18 Å². The van der Waals surface area contributed by atoms with Gasteiger partial charge in [0.05, 0.1) is 5.69 Å². The number of rotatable bonds is 3. The summed E-state index contributed by atoms with van der Waals surface area (Å²) in [5, 5.41) is 10.2. The number of hydrogen-bond acceptors (Lipinski definition) is 4. The van der Waals surface area contributed by atoms with Gasteiger partial charge in [-0.1, -0.05) is 6.07 Å². The van der Waals surface area contributed by atoms with E-state index < -0.39 is 0 Å². The molecule has 0 saturated carbocycles. The van der Waals surface area contributed by atoms with Crippen molar-refractivity contribution in [3.05, 3.63) is 35.9 Å². The molecule has 0 aliphatic rings. The van der Waals surface area contributed by atoms with E-state index >= 15 is 0 Å². The smallest absolute Gasteiger partial charge is 0.229 e. The first kappa shape index (κ1) is 10.3. The quantitative estimate of drug-likeness (QED) is 0.791. The Hall–Kier alpha value is -2.24. The molecule has 16 heavy (non-hydrogen) atoms. The summed E-state index contributed by atoms with van der Waals surface area (Å²) in [5.41, 5.74) is 0.497. The van der Waals surface area contributed by atoms with E-state index in [2.05, 4.69) is 15.5 Å². The molecular formula is C10H9FN4O. The predicted octanol–water partition coefficient (Wildman–Crippen LogP) is 1.26. The Balaban J connectivity index is 2.61. The third-order valence-electron chi connectivity index (χ3n) is 2.08. The number of aldehydes is 1. The van der Waals surface area contributed by atoms with Gasteiger partial charge in [0, 0.05) is 7.05 Å². The minimum atomic E-state index is -0.384. The summed E-state index contributed by atoms with van der Waals surface area (Å²) in [6, 6.07) is 5.85. The van der Waals surface area contributed by atoms with Crippen LogP contribution in [0, 0.1) is 5.82 Å². The van der Waals surface area contributed by atoms with Crippen LogP contribution in [0.15, 0.2) is 24.3 Å². The Morgan fingerprint density at radius 2 is 2.25 bits per heavy atom. The summed E-state index contributed by atoms with van der Waals surface area (Å²) >= 11 is 0. The average Bonchev–Trinajstić information content (AvgIpc) is 2.71. The second kappa shape index (κ2) is 4.09. The molecule has 82 valence electrons. The van der Waals surface area contributed by atoms with Crippen LogP contribution in [0.4, 0.5) is 10.3 Å². The summed E-state index contributed by atoms with van der Waals surface area (Å²) in [5.74, 6) is 0.118. The molecule has 6 heteroatoms. The second-order valence-corrected chi connectivity index (χ2v) is 3.06. The van der Waals surface area contributed by atoms with Crippen molar-refractivity contribution in [1.82, 2.24) is 14.8 Å². The van der Waals surface area contributed by atoms with Crippen molar-refractivity contribution in [1.29, 1.82) is 0 Å². The molecule has 1 N–H and O–H groups in total. The maximum Gasteiger partial charge on any atom is 0.229 e. The molecule has 2 rings (SSSR count). The fourth-order valence-corrected chi connectivity index (χ4v) is 1.40. The Morgan fingerprint density at radius 1 is 1.44 bits per heavy atom. The van der Waals surface area contributed by atoms with Crippen LogP contribution in [0.1, 0.15) is 10.6 Å². The van der Waals surface area contributed by atoms with Crippen LogP contribution >= 0.6 is 0 Å². The van der Waals surface area contributed by atoms with E-state index in [4.69, 9.17) is 0 Å². The summed E-state index contributed by atoms with van der Waals surface area (Å²) < 4.78 is 14.5. The maximum atomic E-state index is 13.1. The van der Waals surface area contributed by atoms with E-state index in [-0.39, 0.29) is 11.6 Å². The van der Waals surface area contributed by atoms with E-state index in [1.165, 1.54) is 16.7 Å². The van der Waals surface area contributed by atoms with Gasteiger partial charge in [-0.3, -0.25) is 9.36 Å². The van der Waals surface area contributed by atoms with Crippen molar-refractivity contribution in [2.24, 2.45) is 0 Å². The van der Waals surface area contributed by atoms with E-state index in [1.807, 2.05) is 0 Å². The Morgan fingerprint density at radius 3 is 2.88 bits per heavy atom. The number of halogens is 1. The number of nitrogens with one attached hydrogen (secondary N) is 1. The lowest BCUT2D eigenvalue weighted by atomic mass is 10.3. The summed E-state index contributed by atoms with van der Waals surface area (Å²) in [6.45, 7) is 0. The van der Waals surface area contributed by atoms with Gasteiger partial charge in [0.1, 0.15) is 5.82 Å². The zero-order valence-electron chi connectivity index (χ0n) is 8.51. The van der Waals surface area contributed by atoms with E-state index in [0.29, 0.717) is 17.9 Å². The highest BCUT2D eigenvalue weighted by atomic mass is 19.1. The van der Waals surface area contributed by atoms with Crippen LogP contribution < -0.4 is 5.32 Å². The minimum Gasteiger partial charge on any atom is -0.357 e. The molecule has 0 aliphatic heterocycles. The lowest BCUT2D eigenvalue weighted by Gasteiger charge is -2.06. The molecule has 0 bridgehead atoms. The number of carbonyl (C=O) groups is 1. The summed E-state index contributed by atoms with van der Waals surface area (Å²) in [6.07, 6.45) is 0.568. The SMILES string of the molecule is CNc1nnc(C=O)n1-c1cccc(F)c1. The second-order valence-electron chi connectivity index (χ2n) is 3.06. The molecule has 0 atom stereocenters. The van der Waals surface area contributed by atoms with Crippen LogP contribution in [0.3, 0.4) is 0 Å². The number of aromatic nitrogens is 3. The number of carbonyl (C=O) groups excluding carboxylic acids is 1. The van der Waals surface area contributed by atoms with Crippen LogP contribution in [0.5, 0.6) is 0 Å². The molecule has 0 saturated heterocycles. The monoisotopic (exact) mass is 220 g/mol. The molecule has 0 radical (unpaired) electrons. The third kappa shape index (κ3) is 1.65.